The highest BCUT2D eigenvalue weighted by Crippen LogP contribution is 2.40. The van der Waals surface area contributed by atoms with Crippen LogP contribution in [0.15, 0.2) is 28.8 Å². The Kier molecular flexibility index (Phi) is 2.49. The van der Waals surface area contributed by atoms with E-state index < -0.39 is 5.41 Å². The molecule has 1 atom stereocenters. The second-order valence-corrected chi connectivity index (χ2v) is 5.31. The number of hydrogen-bond donors (Lipinski definition) is 1. The lowest BCUT2D eigenvalue weighted by atomic mass is 9.78. The smallest absolute Gasteiger partial charge is 0.235 e. The van der Waals surface area contributed by atoms with E-state index in [0.717, 1.165) is 28.3 Å². The van der Waals surface area contributed by atoms with E-state index in [0.29, 0.717) is 6.42 Å². The van der Waals surface area contributed by atoms with Gasteiger partial charge in [-0.15, -0.1) is 0 Å². The Hall–Kier alpha value is -2.10. The highest BCUT2D eigenvalue weighted by Gasteiger charge is 2.43. The van der Waals surface area contributed by atoms with Crippen LogP contribution in [0.5, 0.6) is 0 Å². The summed E-state index contributed by atoms with van der Waals surface area (Å²) in [6.07, 6.45) is 0.608. The number of nitrogens with zero attached hydrogens (tertiary/aromatic N) is 1. The van der Waals surface area contributed by atoms with Gasteiger partial charge in [-0.3, -0.25) is 4.79 Å². The highest BCUT2D eigenvalue weighted by molar-refractivity contribution is 6.06. The lowest BCUT2D eigenvalue weighted by Crippen LogP contribution is -2.33. The summed E-state index contributed by atoms with van der Waals surface area (Å²) in [5.74, 6) is 0.824. The molecule has 4 heteroatoms. The fraction of sp³-hybridized carbons (Fsp3) is 0.333. The van der Waals surface area contributed by atoms with Crippen LogP contribution < -0.4 is 5.32 Å². The molecule has 1 amide bonds. The fourth-order valence-electron chi connectivity index (χ4n) is 2.74. The monoisotopic (exact) mass is 256 g/mol. The average Bonchev–Trinajstić information content (AvgIpc) is 2.83. The number of hydrogen-bond acceptors (Lipinski definition) is 3. The minimum Gasteiger partial charge on any atom is -0.361 e. The lowest BCUT2D eigenvalue weighted by Gasteiger charge is -2.22. The number of carbonyl (C=O) groups is 1. The van der Waals surface area contributed by atoms with Crippen molar-refractivity contribution in [2.45, 2.75) is 32.6 Å². The molecule has 0 saturated heterocycles. The molecule has 3 rings (SSSR count). The first kappa shape index (κ1) is 12.0. The maximum absolute atomic E-state index is 12.3. The van der Waals surface area contributed by atoms with Gasteiger partial charge in [0.15, 0.2) is 0 Å². The molecule has 0 radical (unpaired) electrons. The number of aryl methyl sites for hydroxylation is 2. The van der Waals surface area contributed by atoms with Crippen LogP contribution in [0.4, 0.5) is 5.69 Å². The van der Waals surface area contributed by atoms with Crippen LogP contribution in [0, 0.1) is 13.8 Å². The Morgan fingerprint density at radius 1 is 1.32 bits per heavy atom. The standard InChI is InChI=1S/C15H16N2O2/c1-9-11(10(2)19-17-9)8-15(3)12-6-4-5-7-13(12)16-14(15)18/h4-7H,8H2,1-3H3,(H,16,18). The van der Waals surface area contributed by atoms with E-state index >= 15 is 0 Å². The summed E-state index contributed by atoms with van der Waals surface area (Å²) in [7, 11) is 0. The largest absolute Gasteiger partial charge is 0.361 e. The molecule has 0 saturated carbocycles. The van der Waals surface area contributed by atoms with Gasteiger partial charge >= 0.3 is 0 Å². The van der Waals surface area contributed by atoms with Gasteiger partial charge in [0.25, 0.3) is 0 Å². The van der Waals surface area contributed by atoms with Crippen LogP contribution in [0.25, 0.3) is 0 Å². The number of nitrogens with one attached hydrogen (secondary N) is 1. The highest BCUT2D eigenvalue weighted by atomic mass is 16.5. The molecule has 1 aromatic heterocycles. The summed E-state index contributed by atoms with van der Waals surface area (Å²) in [5, 5.41) is 6.91. The zero-order valence-electron chi connectivity index (χ0n) is 11.3. The van der Waals surface area contributed by atoms with Gasteiger partial charge < -0.3 is 9.84 Å². The van der Waals surface area contributed by atoms with Crippen molar-refractivity contribution in [2.24, 2.45) is 0 Å². The van der Waals surface area contributed by atoms with Gasteiger partial charge in [-0.05, 0) is 38.8 Å². The van der Waals surface area contributed by atoms with E-state index in [-0.39, 0.29) is 5.91 Å². The van der Waals surface area contributed by atoms with Crippen molar-refractivity contribution in [1.29, 1.82) is 0 Å². The molecule has 1 aromatic carbocycles. The Labute approximate surface area is 111 Å². The Bertz CT molecular complexity index is 640. The van der Waals surface area contributed by atoms with Crippen LogP contribution in [0.1, 0.15) is 29.5 Å². The fourth-order valence-corrected chi connectivity index (χ4v) is 2.74. The first-order valence-corrected chi connectivity index (χ1v) is 6.35. The minimum atomic E-state index is -0.558. The van der Waals surface area contributed by atoms with Crippen molar-refractivity contribution >= 4 is 11.6 Å². The van der Waals surface area contributed by atoms with Crippen LogP contribution in [0.3, 0.4) is 0 Å². The molecule has 98 valence electrons. The number of carbonyl (C=O) groups excluding carboxylic acids is 1. The van der Waals surface area contributed by atoms with Crippen molar-refractivity contribution in [2.75, 3.05) is 5.32 Å². The number of amides is 1. The van der Waals surface area contributed by atoms with Gasteiger partial charge in [0, 0.05) is 11.3 Å². The third kappa shape index (κ3) is 1.67. The molecule has 0 bridgehead atoms. The summed E-state index contributed by atoms with van der Waals surface area (Å²) in [6.45, 7) is 5.77. The molecule has 0 fully saturated rings. The van der Waals surface area contributed by atoms with E-state index in [2.05, 4.69) is 10.5 Å². The minimum absolute atomic E-state index is 0.0358. The van der Waals surface area contributed by atoms with Crippen LogP contribution >= 0.6 is 0 Å². The molecule has 19 heavy (non-hydrogen) atoms. The lowest BCUT2D eigenvalue weighted by molar-refractivity contribution is -0.120. The first-order chi connectivity index (χ1) is 9.02. The summed E-state index contributed by atoms with van der Waals surface area (Å²) >= 11 is 0. The van der Waals surface area contributed by atoms with E-state index in [1.54, 1.807) is 0 Å². The summed E-state index contributed by atoms with van der Waals surface area (Å²) in [4.78, 5) is 12.3. The van der Waals surface area contributed by atoms with Crippen molar-refractivity contribution in [3.05, 3.63) is 46.8 Å². The van der Waals surface area contributed by atoms with Crippen molar-refractivity contribution in [3.63, 3.8) is 0 Å². The summed E-state index contributed by atoms with van der Waals surface area (Å²) < 4.78 is 5.19. The van der Waals surface area contributed by atoms with Gasteiger partial charge in [-0.1, -0.05) is 23.4 Å². The Morgan fingerprint density at radius 2 is 2.05 bits per heavy atom. The predicted octanol–water partition coefficient (Wildman–Crippen LogP) is 2.74. The van der Waals surface area contributed by atoms with Crippen molar-refractivity contribution < 1.29 is 9.32 Å². The number of para-hydroxylation sites is 1. The average molecular weight is 256 g/mol. The molecular weight excluding hydrogens is 240 g/mol. The number of anilines is 1. The number of benzene rings is 1. The normalized spacial score (nSPS) is 21.3. The molecule has 0 aliphatic carbocycles. The van der Waals surface area contributed by atoms with Gasteiger partial charge in [-0.2, -0.15) is 0 Å². The molecule has 1 aliphatic rings. The first-order valence-electron chi connectivity index (χ1n) is 6.35. The van der Waals surface area contributed by atoms with Crippen molar-refractivity contribution in [3.8, 4) is 0 Å². The van der Waals surface area contributed by atoms with Crippen LogP contribution in [0.2, 0.25) is 0 Å². The maximum Gasteiger partial charge on any atom is 0.235 e. The number of rotatable bonds is 2. The molecule has 4 nitrogen and oxygen atoms in total. The van der Waals surface area contributed by atoms with Gasteiger partial charge in [0.1, 0.15) is 5.76 Å². The zero-order valence-corrected chi connectivity index (χ0v) is 11.3. The number of fused-ring (bicyclic) bond motifs is 1. The Morgan fingerprint density at radius 3 is 2.74 bits per heavy atom. The molecule has 0 spiro atoms. The van der Waals surface area contributed by atoms with E-state index in [1.807, 2.05) is 45.0 Å². The summed E-state index contributed by atoms with van der Waals surface area (Å²) in [5.41, 5.74) is 3.27. The van der Waals surface area contributed by atoms with Gasteiger partial charge in [0.05, 0.1) is 11.1 Å². The summed E-state index contributed by atoms with van der Waals surface area (Å²) in [6, 6.07) is 7.84. The van der Waals surface area contributed by atoms with E-state index in [4.69, 9.17) is 4.52 Å². The SMILES string of the molecule is Cc1noc(C)c1CC1(C)C(=O)Nc2ccccc21. The van der Waals surface area contributed by atoms with Crippen LogP contribution in [-0.2, 0) is 16.6 Å². The topological polar surface area (TPSA) is 55.1 Å². The van der Waals surface area contributed by atoms with E-state index in [9.17, 15) is 4.79 Å². The third-order valence-corrected chi connectivity index (χ3v) is 3.98. The second kappa shape index (κ2) is 3.95. The van der Waals surface area contributed by atoms with Gasteiger partial charge in [0.2, 0.25) is 5.91 Å². The van der Waals surface area contributed by atoms with Crippen LogP contribution in [-0.4, -0.2) is 11.1 Å². The van der Waals surface area contributed by atoms with Crippen molar-refractivity contribution in [1.82, 2.24) is 5.16 Å². The molecule has 1 unspecified atom stereocenters. The van der Waals surface area contributed by atoms with Gasteiger partial charge in [-0.25, -0.2) is 0 Å². The molecule has 1 N–H and O–H groups in total. The Balaban J connectivity index is 2.07. The quantitative estimate of drug-likeness (QED) is 0.898. The molecule has 2 aromatic rings. The third-order valence-electron chi connectivity index (χ3n) is 3.98. The number of aromatic nitrogens is 1. The second-order valence-electron chi connectivity index (χ2n) is 5.31. The molecular formula is C15H16N2O2. The molecule has 2 heterocycles. The molecule has 1 aliphatic heterocycles. The zero-order chi connectivity index (χ0) is 13.6. The maximum atomic E-state index is 12.3. The predicted molar refractivity (Wildman–Crippen MR) is 72.1 cm³/mol. The van der Waals surface area contributed by atoms with E-state index in [1.165, 1.54) is 0 Å².